The van der Waals surface area contributed by atoms with E-state index in [9.17, 15) is 14.4 Å². The molecule has 1 aliphatic carbocycles. The number of amides is 3. The van der Waals surface area contributed by atoms with Gasteiger partial charge in [-0.15, -0.1) is 0 Å². The average Bonchev–Trinajstić information content (AvgIpc) is 3.08. The average molecular weight is 439 g/mol. The number of imide groups is 1. The molecule has 0 radical (unpaired) electrons. The maximum absolute atomic E-state index is 12.4. The topological polar surface area (TPSA) is 93.5 Å². The van der Waals surface area contributed by atoms with Crippen molar-refractivity contribution in [1.82, 2.24) is 20.0 Å². The van der Waals surface area contributed by atoms with Gasteiger partial charge in [-0.3, -0.25) is 19.6 Å². The SMILES string of the molecule is CCOC(=O)N1CC2(CCC(c3ccc4c(C5CCC(=O)NC5=O)nn(C)c4c3)CC2)C1. The molecule has 3 amide bonds. The van der Waals surface area contributed by atoms with Crippen LogP contribution in [0.1, 0.15) is 68.5 Å². The molecule has 2 aromatic rings. The summed E-state index contributed by atoms with van der Waals surface area (Å²) in [5.41, 5.74) is 3.36. The number of aryl methyl sites for hydroxylation is 1. The number of aromatic nitrogens is 2. The molecule has 1 N–H and O–H groups in total. The van der Waals surface area contributed by atoms with Crippen molar-refractivity contribution in [2.45, 2.75) is 57.3 Å². The van der Waals surface area contributed by atoms with E-state index < -0.39 is 0 Å². The third-order valence-electron chi connectivity index (χ3n) is 7.57. The zero-order valence-electron chi connectivity index (χ0n) is 18.7. The molecule has 32 heavy (non-hydrogen) atoms. The number of rotatable bonds is 3. The van der Waals surface area contributed by atoms with E-state index in [0.29, 0.717) is 25.4 Å². The molecule has 1 aromatic heterocycles. The summed E-state index contributed by atoms with van der Waals surface area (Å²) in [6.07, 6.45) is 5.14. The van der Waals surface area contributed by atoms with Gasteiger partial charge in [0, 0.05) is 37.4 Å². The van der Waals surface area contributed by atoms with Crippen molar-refractivity contribution in [3.05, 3.63) is 29.5 Å². The molecule has 1 aromatic carbocycles. The van der Waals surface area contributed by atoms with Crippen LogP contribution < -0.4 is 5.32 Å². The minimum Gasteiger partial charge on any atom is -0.450 e. The second-order valence-electron chi connectivity index (χ2n) is 9.62. The van der Waals surface area contributed by atoms with Gasteiger partial charge in [-0.1, -0.05) is 12.1 Å². The molecule has 1 spiro atoms. The van der Waals surface area contributed by atoms with E-state index in [0.717, 1.165) is 55.4 Å². The Bertz CT molecular complexity index is 1080. The molecular formula is C24H30N4O4. The number of hydrogen-bond donors (Lipinski definition) is 1. The molecule has 3 heterocycles. The molecular weight excluding hydrogens is 408 g/mol. The summed E-state index contributed by atoms with van der Waals surface area (Å²) in [5.74, 6) is -0.339. The summed E-state index contributed by atoms with van der Waals surface area (Å²) in [6, 6.07) is 6.48. The molecule has 1 unspecified atom stereocenters. The van der Waals surface area contributed by atoms with Crippen LogP contribution in [0.25, 0.3) is 10.9 Å². The first-order valence-electron chi connectivity index (χ1n) is 11.6. The highest BCUT2D eigenvalue weighted by Gasteiger charge is 2.47. The Kier molecular flexibility index (Phi) is 5.18. The van der Waals surface area contributed by atoms with Gasteiger partial charge in [0.15, 0.2) is 0 Å². The minimum absolute atomic E-state index is 0.186. The summed E-state index contributed by atoms with van der Waals surface area (Å²) >= 11 is 0. The maximum Gasteiger partial charge on any atom is 0.409 e. The predicted molar refractivity (Wildman–Crippen MR) is 118 cm³/mol. The number of nitrogens with zero attached hydrogens (tertiary/aromatic N) is 3. The Balaban J connectivity index is 1.28. The number of fused-ring (bicyclic) bond motifs is 1. The van der Waals surface area contributed by atoms with E-state index in [4.69, 9.17) is 4.74 Å². The van der Waals surface area contributed by atoms with Crippen molar-refractivity contribution in [1.29, 1.82) is 0 Å². The largest absolute Gasteiger partial charge is 0.450 e. The smallest absolute Gasteiger partial charge is 0.409 e. The highest BCUT2D eigenvalue weighted by atomic mass is 16.6. The molecule has 1 saturated carbocycles. The van der Waals surface area contributed by atoms with E-state index in [1.165, 1.54) is 5.56 Å². The van der Waals surface area contributed by atoms with Crippen LogP contribution in [-0.2, 0) is 21.4 Å². The molecule has 8 nitrogen and oxygen atoms in total. The van der Waals surface area contributed by atoms with Crippen LogP contribution in [-0.4, -0.2) is 52.3 Å². The minimum atomic E-state index is -0.377. The Hall–Kier alpha value is -2.90. The number of nitrogens with one attached hydrogen (secondary N) is 1. The Morgan fingerprint density at radius 3 is 2.66 bits per heavy atom. The molecule has 2 saturated heterocycles. The first kappa shape index (κ1) is 21.0. The normalized spacial score (nSPS) is 23.3. The van der Waals surface area contributed by atoms with Gasteiger partial charge in [0.05, 0.1) is 23.7 Å². The number of benzene rings is 1. The molecule has 5 rings (SSSR count). The monoisotopic (exact) mass is 438 g/mol. The van der Waals surface area contributed by atoms with Crippen molar-refractivity contribution in [2.24, 2.45) is 12.5 Å². The van der Waals surface area contributed by atoms with E-state index in [1.807, 2.05) is 23.6 Å². The van der Waals surface area contributed by atoms with Crippen LogP contribution >= 0.6 is 0 Å². The lowest BCUT2D eigenvalue weighted by Gasteiger charge is -2.52. The van der Waals surface area contributed by atoms with Crippen molar-refractivity contribution in [2.75, 3.05) is 19.7 Å². The first-order valence-corrected chi connectivity index (χ1v) is 11.6. The van der Waals surface area contributed by atoms with Gasteiger partial charge in [0.25, 0.3) is 0 Å². The number of carbonyl (C=O) groups excluding carboxylic acids is 3. The summed E-state index contributed by atoms with van der Waals surface area (Å²) in [4.78, 5) is 37.6. The number of likely N-dealkylation sites (tertiary alicyclic amines) is 1. The molecule has 0 bridgehead atoms. The molecule has 3 aliphatic rings. The van der Waals surface area contributed by atoms with Crippen molar-refractivity contribution < 1.29 is 19.1 Å². The van der Waals surface area contributed by atoms with E-state index >= 15 is 0 Å². The summed E-state index contributed by atoms with van der Waals surface area (Å²) in [5, 5.41) is 8.08. The lowest BCUT2D eigenvalue weighted by Crippen LogP contribution is -2.59. The Morgan fingerprint density at radius 2 is 1.97 bits per heavy atom. The second-order valence-corrected chi connectivity index (χ2v) is 9.62. The Labute approximate surface area is 187 Å². The van der Waals surface area contributed by atoms with Gasteiger partial charge in [0.2, 0.25) is 11.8 Å². The van der Waals surface area contributed by atoms with Crippen LogP contribution in [0, 0.1) is 5.41 Å². The van der Waals surface area contributed by atoms with Crippen molar-refractivity contribution in [3.63, 3.8) is 0 Å². The summed E-state index contributed by atoms with van der Waals surface area (Å²) in [6.45, 7) is 3.89. The highest BCUT2D eigenvalue weighted by Crippen LogP contribution is 2.48. The molecule has 1 atom stereocenters. The zero-order valence-corrected chi connectivity index (χ0v) is 18.7. The number of ether oxygens (including phenoxy) is 1. The van der Waals surface area contributed by atoms with Gasteiger partial charge < -0.3 is 9.64 Å². The first-order chi connectivity index (χ1) is 15.4. The van der Waals surface area contributed by atoms with Crippen molar-refractivity contribution in [3.8, 4) is 0 Å². The van der Waals surface area contributed by atoms with Crippen LogP contribution in [0.2, 0.25) is 0 Å². The molecule has 2 aliphatic heterocycles. The lowest BCUT2D eigenvalue weighted by molar-refractivity contribution is -0.134. The Morgan fingerprint density at radius 1 is 1.22 bits per heavy atom. The summed E-state index contributed by atoms with van der Waals surface area (Å²) < 4.78 is 6.97. The molecule has 8 heteroatoms. The molecule has 170 valence electrons. The fourth-order valence-electron chi connectivity index (χ4n) is 5.76. The van der Waals surface area contributed by atoms with Crippen LogP contribution in [0.4, 0.5) is 4.79 Å². The van der Waals surface area contributed by atoms with Gasteiger partial charge in [-0.05, 0) is 56.6 Å². The van der Waals surface area contributed by atoms with Crippen molar-refractivity contribution >= 4 is 28.8 Å². The number of piperidine rings is 1. The van der Waals surface area contributed by atoms with Gasteiger partial charge in [-0.2, -0.15) is 5.10 Å². The fraction of sp³-hybridized carbons (Fsp3) is 0.583. The number of hydrogen-bond acceptors (Lipinski definition) is 5. The van der Waals surface area contributed by atoms with Crippen LogP contribution in [0.3, 0.4) is 0 Å². The van der Waals surface area contributed by atoms with Gasteiger partial charge >= 0.3 is 6.09 Å². The van der Waals surface area contributed by atoms with Gasteiger partial charge in [-0.25, -0.2) is 4.79 Å². The summed E-state index contributed by atoms with van der Waals surface area (Å²) in [7, 11) is 1.91. The number of carbonyl (C=O) groups is 3. The van der Waals surface area contributed by atoms with Gasteiger partial charge in [0.1, 0.15) is 0 Å². The lowest BCUT2D eigenvalue weighted by atomic mass is 9.65. The third-order valence-corrected chi connectivity index (χ3v) is 7.57. The predicted octanol–water partition coefficient (Wildman–Crippen LogP) is 3.21. The second kappa shape index (κ2) is 7.90. The molecule has 3 fully saturated rings. The zero-order chi connectivity index (χ0) is 22.5. The van der Waals surface area contributed by atoms with E-state index in [1.54, 1.807) is 0 Å². The third kappa shape index (κ3) is 3.55. The van der Waals surface area contributed by atoms with E-state index in [2.05, 4.69) is 28.6 Å². The fourth-order valence-corrected chi connectivity index (χ4v) is 5.76. The maximum atomic E-state index is 12.4. The van der Waals surface area contributed by atoms with Crippen LogP contribution in [0.5, 0.6) is 0 Å². The van der Waals surface area contributed by atoms with E-state index in [-0.39, 0.29) is 29.2 Å². The van der Waals surface area contributed by atoms with Crippen LogP contribution in [0.15, 0.2) is 18.2 Å². The quantitative estimate of drug-likeness (QED) is 0.743. The standard InChI is InChI=1S/C24H30N4O4/c1-3-32-23(31)28-13-24(14-28)10-8-15(9-11-24)16-4-5-17-19(12-16)27(2)26-21(17)18-6-7-20(29)25-22(18)30/h4-5,12,15,18H,3,6-11,13-14H2,1-2H3,(H,25,29,30). The highest BCUT2D eigenvalue weighted by molar-refractivity contribution is 6.02.